The molecule has 2 heterocycles. The van der Waals surface area contributed by atoms with Crippen molar-refractivity contribution < 1.29 is 4.52 Å². The summed E-state index contributed by atoms with van der Waals surface area (Å²) in [7, 11) is 0. The number of rotatable bonds is 2. The second kappa shape index (κ2) is 4.55. The highest BCUT2D eigenvalue weighted by molar-refractivity contribution is 9.10. The van der Waals surface area contributed by atoms with Gasteiger partial charge in [0.1, 0.15) is 0 Å². The van der Waals surface area contributed by atoms with Crippen LogP contribution in [0.3, 0.4) is 0 Å². The first-order chi connectivity index (χ1) is 9.16. The lowest BCUT2D eigenvalue weighted by atomic mass is 10.0. The summed E-state index contributed by atoms with van der Waals surface area (Å²) in [5.41, 5.74) is 9.43. The molecule has 0 bridgehead atoms. The van der Waals surface area contributed by atoms with Gasteiger partial charge >= 0.3 is 0 Å². The fourth-order valence-electron chi connectivity index (χ4n) is 1.99. The minimum Gasteiger partial charge on any atom is -0.380 e. The molecule has 0 saturated carbocycles. The Labute approximate surface area is 117 Å². The molecular formula is C13H11BrN4O. The van der Waals surface area contributed by atoms with Crippen molar-refractivity contribution in [1.29, 1.82) is 0 Å². The highest BCUT2D eigenvalue weighted by Gasteiger charge is 2.20. The molecule has 0 amide bonds. The fourth-order valence-corrected chi connectivity index (χ4v) is 2.39. The molecule has 96 valence electrons. The molecular weight excluding hydrogens is 308 g/mol. The van der Waals surface area contributed by atoms with E-state index in [2.05, 4.69) is 31.3 Å². The molecule has 19 heavy (non-hydrogen) atoms. The Bertz CT molecular complexity index is 732. The molecule has 1 aromatic carbocycles. The van der Waals surface area contributed by atoms with Gasteiger partial charge in [-0.25, -0.2) is 0 Å². The SMILES string of the molecule is Cc1[nH]ncc1-c1onc(N)c1-c1cccc(Br)c1. The van der Waals surface area contributed by atoms with E-state index < -0.39 is 0 Å². The Kier molecular flexibility index (Phi) is 2.87. The van der Waals surface area contributed by atoms with E-state index in [0.717, 1.165) is 26.9 Å². The van der Waals surface area contributed by atoms with E-state index in [9.17, 15) is 0 Å². The van der Waals surface area contributed by atoms with Gasteiger partial charge in [0.15, 0.2) is 11.6 Å². The number of nitrogens with zero attached hydrogens (tertiary/aromatic N) is 2. The van der Waals surface area contributed by atoms with Crippen LogP contribution in [0.4, 0.5) is 5.82 Å². The largest absolute Gasteiger partial charge is 0.380 e. The van der Waals surface area contributed by atoms with Crippen LogP contribution >= 0.6 is 15.9 Å². The van der Waals surface area contributed by atoms with Gasteiger partial charge in [-0.2, -0.15) is 5.10 Å². The second-order valence-corrected chi connectivity index (χ2v) is 5.11. The van der Waals surface area contributed by atoms with Crippen LogP contribution in [-0.2, 0) is 0 Å². The number of nitrogen functional groups attached to an aromatic ring is 1. The third-order valence-corrected chi connectivity index (χ3v) is 3.40. The summed E-state index contributed by atoms with van der Waals surface area (Å²) in [5, 5.41) is 10.7. The van der Waals surface area contributed by atoms with Crippen LogP contribution in [0.2, 0.25) is 0 Å². The van der Waals surface area contributed by atoms with E-state index in [4.69, 9.17) is 10.3 Å². The Hall–Kier alpha value is -2.08. The number of hydrogen-bond acceptors (Lipinski definition) is 4. The Morgan fingerprint density at radius 2 is 2.21 bits per heavy atom. The van der Waals surface area contributed by atoms with Crippen molar-refractivity contribution in [2.75, 3.05) is 5.73 Å². The molecule has 0 aliphatic rings. The highest BCUT2D eigenvalue weighted by Crippen LogP contribution is 2.37. The maximum atomic E-state index is 5.93. The van der Waals surface area contributed by atoms with Gasteiger partial charge in [0.05, 0.1) is 17.3 Å². The molecule has 2 aromatic heterocycles. The first kappa shape index (κ1) is 12.0. The number of hydrogen-bond donors (Lipinski definition) is 2. The summed E-state index contributed by atoms with van der Waals surface area (Å²) in [6, 6.07) is 7.84. The zero-order valence-corrected chi connectivity index (χ0v) is 11.7. The van der Waals surface area contributed by atoms with Gasteiger partial charge in [0.2, 0.25) is 0 Å². The number of H-pyrrole nitrogens is 1. The van der Waals surface area contributed by atoms with Crippen LogP contribution in [0.1, 0.15) is 5.69 Å². The van der Waals surface area contributed by atoms with Crippen LogP contribution in [0.15, 0.2) is 39.5 Å². The molecule has 0 aliphatic heterocycles. The van der Waals surface area contributed by atoms with Crippen molar-refractivity contribution in [2.45, 2.75) is 6.92 Å². The number of aromatic amines is 1. The number of nitrogens with two attached hydrogens (primary N) is 1. The molecule has 0 spiro atoms. The van der Waals surface area contributed by atoms with Crippen LogP contribution < -0.4 is 5.73 Å². The van der Waals surface area contributed by atoms with E-state index in [0.29, 0.717) is 11.6 Å². The third-order valence-electron chi connectivity index (χ3n) is 2.91. The number of aromatic nitrogens is 3. The molecule has 0 radical (unpaired) electrons. The van der Waals surface area contributed by atoms with Crippen molar-refractivity contribution in [3.05, 3.63) is 40.6 Å². The number of aryl methyl sites for hydroxylation is 1. The lowest BCUT2D eigenvalue weighted by molar-refractivity contribution is 0.436. The molecule has 5 nitrogen and oxygen atoms in total. The van der Waals surface area contributed by atoms with Gasteiger partial charge in [-0.3, -0.25) is 5.10 Å². The number of benzene rings is 1. The standard InChI is InChI=1S/C13H11BrN4O/c1-7-10(6-16-17-7)12-11(13(15)18-19-12)8-3-2-4-9(14)5-8/h2-6H,1H3,(H2,15,18)(H,16,17). The summed E-state index contributed by atoms with van der Waals surface area (Å²) < 4.78 is 6.34. The summed E-state index contributed by atoms with van der Waals surface area (Å²) in [6.45, 7) is 1.92. The predicted octanol–water partition coefficient (Wildman–Crippen LogP) is 3.38. The fraction of sp³-hybridized carbons (Fsp3) is 0.0769. The molecule has 3 N–H and O–H groups in total. The molecule has 0 atom stereocenters. The van der Waals surface area contributed by atoms with E-state index >= 15 is 0 Å². The van der Waals surface area contributed by atoms with E-state index in [1.165, 1.54) is 0 Å². The monoisotopic (exact) mass is 318 g/mol. The molecule has 0 fully saturated rings. The smallest absolute Gasteiger partial charge is 0.180 e. The lowest BCUT2D eigenvalue weighted by Crippen LogP contribution is -1.89. The zero-order valence-electron chi connectivity index (χ0n) is 10.1. The average Bonchev–Trinajstić information content (AvgIpc) is 2.95. The number of halogens is 1. The average molecular weight is 319 g/mol. The van der Waals surface area contributed by atoms with Crippen LogP contribution in [0.25, 0.3) is 22.5 Å². The summed E-state index contributed by atoms with van der Waals surface area (Å²) in [6.07, 6.45) is 1.71. The van der Waals surface area contributed by atoms with Crippen molar-refractivity contribution in [3.8, 4) is 22.5 Å². The predicted molar refractivity (Wildman–Crippen MR) is 76.4 cm³/mol. The third kappa shape index (κ3) is 2.04. The van der Waals surface area contributed by atoms with Crippen molar-refractivity contribution in [2.24, 2.45) is 0 Å². The number of nitrogens with one attached hydrogen (secondary N) is 1. The van der Waals surface area contributed by atoms with Gasteiger partial charge in [-0.15, -0.1) is 0 Å². The first-order valence-electron chi connectivity index (χ1n) is 5.68. The molecule has 0 saturated heterocycles. The van der Waals surface area contributed by atoms with Gasteiger partial charge in [0, 0.05) is 10.2 Å². The molecule has 3 aromatic rings. The number of anilines is 1. The first-order valence-corrected chi connectivity index (χ1v) is 6.47. The Morgan fingerprint density at radius 1 is 1.37 bits per heavy atom. The highest BCUT2D eigenvalue weighted by atomic mass is 79.9. The van der Waals surface area contributed by atoms with Crippen LogP contribution in [-0.4, -0.2) is 15.4 Å². The maximum absolute atomic E-state index is 5.93. The molecule has 6 heteroatoms. The zero-order chi connectivity index (χ0) is 13.4. The lowest BCUT2D eigenvalue weighted by Gasteiger charge is -2.02. The quantitative estimate of drug-likeness (QED) is 0.759. The van der Waals surface area contributed by atoms with Crippen molar-refractivity contribution >= 4 is 21.7 Å². The van der Waals surface area contributed by atoms with E-state index in [-0.39, 0.29) is 0 Å². The molecule has 0 aliphatic carbocycles. The molecule has 0 unspecified atom stereocenters. The Morgan fingerprint density at radius 3 is 2.89 bits per heavy atom. The summed E-state index contributed by atoms with van der Waals surface area (Å²) in [5.74, 6) is 0.996. The van der Waals surface area contributed by atoms with E-state index in [1.54, 1.807) is 6.20 Å². The van der Waals surface area contributed by atoms with Crippen molar-refractivity contribution in [1.82, 2.24) is 15.4 Å². The van der Waals surface area contributed by atoms with Gasteiger partial charge in [-0.1, -0.05) is 33.2 Å². The Balaban J connectivity index is 2.22. The summed E-state index contributed by atoms with van der Waals surface area (Å²) >= 11 is 3.45. The van der Waals surface area contributed by atoms with Crippen molar-refractivity contribution in [3.63, 3.8) is 0 Å². The van der Waals surface area contributed by atoms with Crippen LogP contribution in [0, 0.1) is 6.92 Å². The normalized spacial score (nSPS) is 10.8. The van der Waals surface area contributed by atoms with Gasteiger partial charge in [0.25, 0.3) is 0 Å². The van der Waals surface area contributed by atoms with Gasteiger partial charge < -0.3 is 10.3 Å². The van der Waals surface area contributed by atoms with Crippen LogP contribution in [0.5, 0.6) is 0 Å². The minimum atomic E-state index is 0.369. The minimum absolute atomic E-state index is 0.369. The molecule has 3 rings (SSSR count). The topological polar surface area (TPSA) is 80.7 Å². The summed E-state index contributed by atoms with van der Waals surface area (Å²) in [4.78, 5) is 0. The second-order valence-electron chi connectivity index (χ2n) is 4.19. The maximum Gasteiger partial charge on any atom is 0.180 e. The van der Waals surface area contributed by atoms with Gasteiger partial charge in [-0.05, 0) is 24.6 Å². The van der Waals surface area contributed by atoms with E-state index in [1.807, 2.05) is 31.2 Å².